The molecule has 4 aliphatic rings. The molecule has 2 aliphatic heterocycles. The molecule has 2 aliphatic carbocycles. The second kappa shape index (κ2) is 11.3. The van der Waals surface area contributed by atoms with Gasteiger partial charge in [0.2, 0.25) is 11.8 Å². The van der Waals surface area contributed by atoms with E-state index in [0.717, 1.165) is 4.90 Å². The summed E-state index contributed by atoms with van der Waals surface area (Å²) in [5.74, 6) is -9.38. The van der Waals surface area contributed by atoms with E-state index < -0.39 is 92.6 Å². The molecule has 7 nitrogen and oxygen atoms in total. The summed E-state index contributed by atoms with van der Waals surface area (Å²) in [6.07, 6.45) is -7.94. The van der Waals surface area contributed by atoms with Gasteiger partial charge >= 0.3 is 12.4 Å². The van der Waals surface area contributed by atoms with Gasteiger partial charge in [0.05, 0.1) is 34.1 Å². The molecule has 2 heterocycles. The van der Waals surface area contributed by atoms with E-state index in [1.165, 1.54) is 18.2 Å². The predicted octanol–water partition coefficient (Wildman–Crippen LogP) is 7.07. The van der Waals surface area contributed by atoms with Crippen LogP contribution >= 0.6 is 39.1 Å². The maximum absolute atomic E-state index is 14.1. The third-order valence-electron chi connectivity index (χ3n) is 9.67. The normalized spacial score (nSPS) is 30.3. The van der Waals surface area contributed by atoms with E-state index in [-0.39, 0.29) is 41.2 Å². The third kappa shape index (κ3) is 4.76. The molecule has 1 N–H and O–H groups in total. The molecule has 2 saturated heterocycles. The smallest absolute Gasteiger partial charge is 0.416 e. The Bertz CT molecular complexity index is 1800. The minimum Gasteiger partial charge on any atom is -0.507 e. The van der Waals surface area contributed by atoms with Crippen LogP contribution in [0.15, 0.2) is 60.7 Å². The maximum atomic E-state index is 14.1. The number of nitrogens with zero attached hydrogens (tertiary/aromatic N) is 2. The number of phenols is 1. The lowest BCUT2D eigenvalue weighted by atomic mass is 9.56. The lowest BCUT2D eigenvalue weighted by Gasteiger charge is -2.50. The number of phenolic OH excluding ortho intramolecular Hbond substituents is 1. The van der Waals surface area contributed by atoms with Crippen LogP contribution in [-0.2, 0) is 38.0 Å². The van der Waals surface area contributed by atoms with Crippen LogP contribution in [-0.4, -0.2) is 48.8 Å². The second-order valence-corrected chi connectivity index (χ2v) is 13.9. The molecular formula is C32H23BrCl2F6N2O5. The molecule has 6 rings (SSSR count). The number of fused-ring (bicyclic) bond motifs is 4. The number of benzene rings is 2. The van der Waals surface area contributed by atoms with Gasteiger partial charge in [0.15, 0.2) is 9.75 Å². The van der Waals surface area contributed by atoms with Crippen LogP contribution in [0.1, 0.15) is 41.0 Å². The van der Waals surface area contributed by atoms with Crippen molar-refractivity contribution in [1.82, 2.24) is 4.90 Å². The Balaban J connectivity index is 1.52. The topological polar surface area (TPSA) is 95.0 Å². The fraction of sp³-hybridized carbons (Fsp3) is 0.375. The number of carbonyl (C=O) groups excluding carboxylic acids is 4. The van der Waals surface area contributed by atoms with Crippen LogP contribution in [0.2, 0.25) is 0 Å². The number of imide groups is 2. The Morgan fingerprint density at radius 3 is 2.15 bits per heavy atom. The van der Waals surface area contributed by atoms with E-state index in [2.05, 4.69) is 22.5 Å². The lowest BCUT2D eigenvalue weighted by molar-refractivity contribution is -0.143. The first-order valence-electron chi connectivity index (χ1n) is 14.4. The Morgan fingerprint density at radius 1 is 0.958 bits per heavy atom. The van der Waals surface area contributed by atoms with Crippen molar-refractivity contribution in [2.45, 2.75) is 47.3 Å². The van der Waals surface area contributed by atoms with Crippen LogP contribution in [0.4, 0.5) is 32.0 Å². The molecule has 0 spiro atoms. The highest BCUT2D eigenvalue weighted by Crippen LogP contribution is 2.66. The lowest BCUT2D eigenvalue weighted by Crippen LogP contribution is -2.60. The van der Waals surface area contributed by atoms with Gasteiger partial charge in [-0.1, -0.05) is 51.9 Å². The first-order chi connectivity index (χ1) is 22.3. The van der Waals surface area contributed by atoms with Gasteiger partial charge in [-0.05, 0) is 48.9 Å². The highest BCUT2D eigenvalue weighted by Gasteiger charge is 2.76. The summed E-state index contributed by atoms with van der Waals surface area (Å²) in [6, 6.07) is 5.10. The van der Waals surface area contributed by atoms with E-state index in [1.807, 2.05) is 0 Å². The minimum absolute atomic E-state index is 0.0858. The summed E-state index contributed by atoms with van der Waals surface area (Å²) < 4.78 is 82.2. The monoisotopic (exact) mass is 778 g/mol. The van der Waals surface area contributed by atoms with Crippen molar-refractivity contribution in [3.63, 3.8) is 0 Å². The molecule has 4 amide bonds. The number of halogens is 9. The Morgan fingerprint density at radius 2 is 1.58 bits per heavy atom. The zero-order chi connectivity index (χ0) is 35.3. The van der Waals surface area contributed by atoms with Gasteiger partial charge in [0.25, 0.3) is 11.8 Å². The number of allylic oxidation sites excluding steroid dienone is 3. The SMILES string of the molecule is C=CCc1cccc(C2C3=CCC4C(=O)N(c5cc(C(F)(F)F)cc(C(F)(F)F)c5)C(=O)C4C3CC3(Cl)C(=O)N(CBr)C(=O)C23Cl)c1O. The molecule has 0 bridgehead atoms. The zero-order valence-corrected chi connectivity index (χ0v) is 27.4. The quantitative estimate of drug-likeness (QED) is 0.115. The molecule has 1 saturated carbocycles. The van der Waals surface area contributed by atoms with Crippen LogP contribution in [0.25, 0.3) is 0 Å². The van der Waals surface area contributed by atoms with E-state index >= 15 is 0 Å². The van der Waals surface area contributed by atoms with Crippen LogP contribution in [0, 0.1) is 17.8 Å². The fourth-order valence-electron chi connectivity index (χ4n) is 7.58. The van der Waals surface area contributed by atoms with Crippen LogP contribution in [0.3, 0.4) is 0 Å². The molecule has 6 unspecified atom stereocenters. The van der Waals surface area contributed by atoms with E-state index in [4.69, 9.17) is 23.2 Å². The number of hydrogen-bond donors (Lipinski definition) is 1. The van der Waals surface area contributed by atoms with Crippen LogP contribution in [0.5, 0.6) is 5.75 Å². The number of rotatable bonds is 5. The molecule has 6 atom stereocenters. The van der Waals surface area contributed by atoms with Crippen molar-refractivity contribution >= 4 is 68.4 Å². The Labute approximate surface area is 287 Å². The van der Waals surface area contributed by atoms with Crippen molar-refractivity contribution < 1.29 is 50.6 Å². The van der Waals surface area contributed by atoms with Gasteiger partial charge in [-0.2, -0.15) is 26.3 Å². The fourth-order valence-corrected chi connectivity index (χ4v) is 9.00. The van der Waals surface area contributed by atoms with Crippen molar-refractivity contribution in [2.24, 2.45) is 17.8 Å². The maximum Gasteiger partial charge on any atom is 0.416 e. The van der Waals surface area contributed by atoms with Gasteiger partial charge < -0.3 is 5.11 Å². The summed E-state index contributed by atoms with van der Waals surface area (Å²) in [4.78, 5) is 52.2. The zero-order valence-electron chi connectivity index (χ0n) is 24.3. The minimum atomic E-state index is -5.24. The summed E-state index contributed by atoms with van der Waals surface area (Å²) in [5, 5.41) is 11.4. The number of anilines is 1. The number of amides is 4. The Hall–Kier alpha value is -3.36. The summed E-state index contributed by atoms with van der Waals surface area (Å²) in [6.45, 7) is 3.67. The molecule has 0 radical (unpaired) electrons. The van der Waals surface area contributed by atoms with E-state index in [0.29, 0.717) is 22.6 Å². The molecule has 0 aromatic heterocycles. The average molecular weight is 780 g/mol. The van der Waals surface area contributed by atoms with Gasteiger partial charge in [-0.15, -0.1) is 29.8 Å². The van der Waals surface area contributed by atoms with Gasteiger partial charge in [0, 0.05) is 11.5 Å². The highest BCUT2D eigenvalue weighted by molar-refractivity contribution is 9.09. The number of alkyl halides is 9. The van der Waals surface area contributed by atoms with Crippen molar-refractivity contribution in [1.29, 1.82) is 0 Å². The molecule has 254 valence electrons. The van der Waals surface area contributed by atoms with Gasteiger partial charge in [-0.25, -0.2) is 4.90 Å². The van der Waals surface area contributed by atoms with Crippen molar-refractivity contribution in [3.05, 3.63) is 83.0 Å². The molecule has 2 aromatic rings. The molecule has 16 heteroatoms. The van der Waals surface area contributed by atoms with E-state index in [9.17, 15) is 50.6 Å². The second-order valence-electron chi connectivity index (χ2n) is 12.1. The van der Waals surface area contributed by atoms with Gasteiger partial charge in [0.1, 0.15) is 5.75 Å². The third-order valence-corrected chi connectivity index (χ3v) is 11.6. The summed E-state index contributed by atoms with van der Waals surface area (Å²) >= 11 is 17.4. The van der Waals surface area contributed by atoms with Crippen LogP contribution < -0.4 is 4.90 Å². The number of likely N-dealkylation sites (tertiary alicyclic amines) is 1. The first-order valence-corrected chi connectivity index (χ1v) is 16.3. The molecular weight excluding hydrogens is 757 g/mol. The van der Waals surface area contributed by atoms with Crippen molar-refractivity contribution in [3.8, 4) is 5.75 Å². The largest absolute Gasteiger partial charge is 0.507 e. The first kappa shape index (κ1) is 34.5. The number of hydrogen-bond acceptors (Lipinski definition) is 5. The number of carbonyl (C=O) groups is 4. The number of aromatic hydroxyl groups is 1. The van der Waals surface area contributed by atoms with Gasteiger partial charge in [-0.3, -0.25) is 24.1 Å². The average Bonchev–Trinajstić information content (AvgIpc) is 3.35. The van der Waals surface area contributed by atoms with E-state index in [1.54, 1.807) is 12.1 Å². The molecule has 48 heavy (non-hydrogen) atoms. The standard InChI is InChI=1S/C32H23BrCl2F6N2O5/c1-2-4-14-5-3-6-20(24(14)44)23-18-7-8-19-22(21(18)12-29(34)27(47)42(13-33)28(48)30(23,29)35)26(46)43(25(19)45)17-10-15(31(36,37)38)9-16(11-17)32(39,40)41/h2-3,5-7,9-11,19,21-23,44H,1,4,8,12-13H2. The number of para-hydroxylation sites is 1. The Kier molecular flexibility index (Phi) is 8.15. The summed E-state index contributed by atoms with van der Waals surface area (Å²) in [7, 11) is 0. The molecule has 2 aromatic carbocycles. The predicted molar refractivity (Wildman–Crippen MR) is 164 cm³/mol. The highest BCUT2D eigenvalue weighted by atomic mass is 79.9. The summed E-state index contributed by atoms with van der Waals surface area (Å²) in [5.41, 5.74) is -3.92. The molecule has 3 fully saturated rings. The van der Waals surface area contributed by atoms with Crippen molar-refractivity contribution in [2.75, 3.05) is 10.4 Å².